The van der Waals surface area contributed by atoms with Crippen molar-refractivity contribution in [2.24, 2.45) is 0 Å². The van der Waals surface area contributed by atoms with Crippen LogP contribution in [0, 0.1) is 12.7 Å². The summed E-state index contributed by atoms with van der Waals surface area (Å²) >= 11 is 3.57. The van der Waals surface area contributed by atoms with Crippen molar-refractivity contribution < 1.29 is 14.3 Å². The first-order valence-corrected chi connectivity index (χ1v) is 9.60. The molecule has 5 heteroatoms. The quantitative estimate of drug-likeness (QED) is 0.549. The van der Waals surface area contributed by atoms with Crippen LogP contribution in [0.1, 0.15) is 22.7 Å². The van der Waals surface area contributed by atoms with Crippen LogP contribution in [-0.4, -0.2) is 11.0 Å². The number of anilines is 1. The lowest BCUT2D eigenvalue weighted by molar-refractivity contribution is -0.117. The van der Waals surface area contributed by atoms with Crippen LogP contribution in [-0.2, 0) is 4.79 Å². The summed E-state index contributed by atoms with van der Waals surface area (Å²) in [6.07, 6.45) is 0. The Morgan fingerprint density at radius 3 is 2.25 bits per heavy atom. The maximum absolute atomic E-state index is 13.4. The van der Waals surface area contributed by atoms with Crippen LogP contribution in [0.15, 0.2) is 83.0 Å². The highest BCUT2D eigenvalue weighted by Crippen LogP contribution is 2.47. The summed E-state index contributed by atoms with van der Waals surface area (Å²) in [4.78, 5) is 14.5. The number of amides is 1. The van der Waals surface area contributed by atoms with Crippen LogP contribution in [0.2, 0.25) is 0 Å². The monoisotopic (exact) mass is 437 g/mol. The van der Waals surface area contributed by atoms with Gasteiger partial charge < -0.3 is 5.11 Å². The van der Waals surface area contributed by atoms with Crippen molar-refractivity contribution in [3.05, 3.63) is 106 Å². The van der Waals surface area contributed by atoms with E-state index >= 15 is 0 Å². The van der Waals surface area contributed by atoms with Crippen LogP contribution in [0.4, 0.5) is 10.1 Å². The lowest BCUT2D eigenvalue weighted by Crippen LogP contribution is -2.30. The molecule has 0 radical (unpaired) electrons. The van der Waals surface area contributed by atoms with Crippen molar-refractivity contribution in [2.45, 2.75) is 13.0 Å². The average Bonchev–Trinajstić information content (AvgIpc) is 2.95. The van der Waals surface area contributed by atoms with Crippen molar-refractivity contribution in [3.63, 3.8) is 0 Å². The molecule has 4 rings (SSSR count). The molecule has 1 amide bonds. The number of nitrogens with zero attached hydrogens (tertiary/aromatic N) is 1. The van der Waals surface area contributed by atoms with Gasteiger partial charge in [0, 0.05) is 15.7 Å². The van der Waals surface area contributed by atoms with E-state index in [0.29, 0.717) is 11.3 Å². The van der Waals surface area contributed by atoms with E-state index < -0.39 is 11.9 Å². The summed E-state index contributed by atoms with van der Waals surface area (Å²) in [6, 6.07) is 20.4. The van der Waals surface area contributed by atoms with E-state index in [9.17, 15) is 14.3 Å². The van der Waals surface area contributed by atoms with Gasteiger partial charge in [-0.25, -0.2) is 4.39 Å². The molecule has 0 fully saturated rings. The first kappa shape index (κ1) is 18.4. The van der Waals surface area contributed by atoms with Gasteiger partial charge in [0.2, 0.25) is 0 Å². The molecule has 1 heterocycles. The SMILES string of the molecule is Cc1ccc(C2=C(O)C(=O)N(c3ccc(F)cc3)C2c2ccccc2Br)cc1. The Bertz CT molecular complexity index is 1070. The first-order chi connectivity index (χ1) is 13.5. The van der Waals surface area contributed by atoms with Gasteiger partial charge in [-0.1, -0.05) is 64.0 Å². The van der Waals surface area contributed by atoms with E-state index in [-0.39, 0.29) is 11.6 Å². The molecule has 0 spiro atoms. The van der Waals surface area contributed by atoms with Crippen LogP contribution >= 0.6 is 15.9 Å². The Balaban J connectivity index is 1.93. The lowest BCUT2D eigenvalue weighted by atomic mass is 9.93. The highest BCUT2D eigenvalue weighted by atomic mass is 79.9. The van der Waals surface area contributed by atoms with E-state index in [4.69, 9.17) is 0 Å². The maximum atomic E-state index is 13.4. The molecule has 1 aliphatic rings. The fourth-order valence-corrected chi connectivity index (χ4v) is 3.99. The van der Waals surface area contributed by atoms with Crippen LogP contribution in [0.25, 0.3) is 5.57 Å². The molecule has 140 valence electrons. The van der Waals surface area contributed by atoms with Crippen molar-refractivity contribution in [2.75, 3.05) is 4.90 Å². The molecule has 0 aliphatic carbocycles. The number of aliphatic hydroxyl groups excluding tert-OH is 1. The fraction of sp³-hybridized carbons (Fsp3) is 0.0870. The second-order valence-corrected chi connectivity index (χ2v) is 7.56. The smallest absolute Gasteiger partial charge is 0.294 e. The van der Waals surface area contributed by atoms with Gasteiger partial charge in [0.25, 0.3) is 5.91 Å². The van der Waals surface area contributed by atoms with E-state index in [1.807, 2.05) is 55.5 Å². The maximum Gasteiger partial charge on any atom is 0.294 e. The predicted octanol–water partition coefficient (Wildman–Crippen LogP) is 5.95. The van der Waals surface area contributed by atoms with Crippen molar-refractivity contribution in [1.29, 1.82) is 0 Å². The van der Waals surface area contributed by atoms with Gasteiger partial charge in [-0.3, -0.25) is 9.69 Å². The Morgan fingerprint density at radius 1 is 0.964 bits per heavy atom. The number of halogens is 2. The normalized spacial score (nSPS) is 16.8. The van der Waals surface area contributed by atoms with E-state index in [0.717, 1.165) is 21.2 Å². The minimum absolute atomic E-state index is 0.297. The molecule has 0 bridgehead atoms. The number of benzene rings is 3. The molecule has 0 saturated carbocycles. The molecule has 3 aromatic rings. The molecule has 3 aromatic carbocycles. The minimum Gasteiger partial charge on any atom is -0.503 e. The number of aliphatic hydroxyl groups is 1. The molecule has 1 aliphatic heterocycles. The Hall–Kier alpha value is -2.92. The first-order valence-electron chi connectivity index (χ1n) is 8.81. The van der Waals surface area contributed by atoms with E-state index in [1.165, 1.54) is 17.0 Å². The number of hydrogen-bond donors (Lipinski definition) is 1. The topological polar surface area (TPSA) is 40.5 Å². The third-order valence-electron chi connectivity index (χ3n) is 4.88. The summed E-state index contributed by atoms with van der Waals surface area (Å²) in [6.45, 7) is 1.98. The summed E-state index contributed by atoms with van der Waals surface area (Å²) < 4.78 is 14.3. The third kappa shape index (κ3) is 3.12. The highest BCUT2D eigenvalue weighted by Gasteiger charge is 2.42. The zero-order chi connectivity index (χ0) is 19.8. The lowest BCUT2D eigenvalue weighted by Gasteiger charge is -2.28. The molecular formula is C23H17BrFNO2. The zero-order valence-electron chi connectivity index (χ0n) is 15.1. The second kappa shape index (κ2) is 7.24. The van der Waals surface area contributed by atoms with Crippen LogP contribution in [0.3, 0.4) is 0 Å². The third-order valence-corrected chi connectivity index (χ3v) is 5.60. The van der Waals surface area contributed by atoms with Gasteiger partial charge in [0.1, 0.15) is 5.82 Å². The van der Waals surface area contributed by atoms with Crippen LogP contribution in [0.5, 0.6) is 0 Å². The molecule has 1 atom stereocenters. The van der Waals surface area contributed by atoms with Gasteiger partial charge in [0.15, 0.2) is 5.76 Å². The van der Waals surface area contributed by atoms with Gasteiger partial charge >= 0.3 is 0 Å². The van der Waals surface area contributed by atoms with E-state index in [2.05, 4.69) is 15.9 Å². The molecule has 0 aromatic heterocycles. The summed E-state index contributed by atoms with van der Waals surface area (Å²) in [7, 11) is 0. The van der Waals surface area contributed by atoms with Gasteiger partial charge in [0.05, 0.1) is 6.04 Å². The number of hydrogen-bond acceptors (Lipinski definition) is 2. The molecular weight excluding hydrogens is 421 g/mol. The second-order valence-electron chi connectivity index (χ2n) is 6.70. The summed E-state index contributed by atoms with van der Waals surface area (Å²) in [5.74, 6) is -1.19. The van der Waals surface area contributed by atoms with Crippen molar-refractivity contribution in [1.82, 2.24) is 0 Å². The Labute approximate surface area is 170 Å². The summed E-state index contributed by atoms with van der Waals surface area (Å²) in [5, 5.41) is 10.8. The van der Waals surface area contributed by atoms with Crippen molar-refractivity contribution >= 4 is 33.1 Å². The molecule has 1 unspecified atom stereocenters. The molecule has 0 saturated heterocycles. The molecule has 28 heavy (non-hydrogen) atoms. The number of carbonyl (C=O) groups is 1. The number of carbonyl (C=O) groups excluding carboxylic acids is 1. The standard InChI is InChI=1S/C23H17BrFNO2/c1-14-6-8-15(9-7-14)20-21(18-4-2-3-5-19(18)24)26(23(28)22(20)27)17-12-10-16(25)11-13-17/h2-13,21,27H,1H3. The Morgan fingerprint density at radius 2 is 1.61 bits per heavy atom. The average molecular weight is 438 g/mol. The van der Waals surface area contributed by atoms with E-state index in [1.54, 1.807) is 12.1 Å². The van der Waals surface area contributed by atoms with Gasteiger partial charge in [-0.15, -0.1) is 0 Å². The molecule has 1 N–H and O–H groups in total. The molecule has 3 nitrogen and oxygen atoms in total. The minimum atomic E-state index is -0.545. The van der Waals surface area contributed by atoms with Crippen molar-refractivity contribution in [3.8, 4) is 0 Å². The van der Waals surface area contributed by atoms with Gasteiger partial charge in [-0.2, -0.15) is 0 Å². The fourth-order valence-electron chi connectivity index (χ4n) is 3.49. The predicted molar refractivity (Wildman–Crippen MR) is 111 cm³/mol. The number of aryl methyl sites for hydroxylation is 1. The largest absolute Gasteiger partial charge is 0.503 e. The highest BCUT2D eigenvalue weighted by molar-refractivity contribution is 9.10. The summed E-state index contributed by atoms with van der Waals surface area (Å²) in [5.41, 5.74) is 3.73. The number of rotatable bonds is 3. The zero-order valence-corrected chi connectivity index (χ0v) is 16.7. The Kier molecular flexibility index (Phi) is 4.77. The van der Waals surface area contributed by atoms with Gasteiger partial charge in [-0.05, 0) is 48.4 Å². The van der Waals surface area contributed by atoms with Crippen LogP contribution < -0.4 is 4.90 Å².